The van der Waals surface area contributed by atoms with Gasteiger partial charge in [-0.25, -0.2) is 0 Å². The molecule has 0 aliphatic rings. The van der Waals surface area contributed by atoms with E-state index in [9.17, 15) is 4.79 Å². The van der Waals surface area contributed by atoms with Crippen LogP contribution in [0.25, 0.3) is 0 Å². The van der Waals surface area contributed by atoms with Gasteiger partial charge in [-0.05, 0) is 18.3 Å². The second-order valence-electron chi connectivity index (χ2n) is 6.48. The van der Waals surface area contributed by atoms with Gasteiger partial charge in [-0.3, -0.25) is 4.79 Å². The summed E-state index contributed by atoms with van der Waals surface area (Å²) >= 11 is 0. The molecule has 0 fully saturated rings. The molecule has 19 heavy (non-hydrogen) atoms. The first-order chi connectivity index (χ1) is 9.02. The number of carboxylic acids is 1. The molecular weight excluding hydrogens is 236 g/mol. The van der Waals surface area contributed by atoms with Gasteiger partial charge in [-0.1, -0.05) is 78.6 Å². The average molecular weight is 270 g/mol. The van der Waals surface area contributed by atoms with Gasteiger partial charge in [0.15, 0.2) is 0 Å². The van der Waals surface area contributed by atoms with Crippen LogP contribution in [-0.2, 0) is 4.79 Å². The molecule has 0 aliphatic heterocycles. The number of aliphatic carboxylic acids is 1. The van der Waals surface area contributed by atoms with Crippen molar-refractivity contribution >= 4 is 5.97 Å². The summed E-state index contributed by atoms with van der Waals surface area (Å²) in [6.07, 6.45) is 12.9. The van der Waals surface area contributed by atoms with E-state index < -0.39 is 5.97 Å². The minimum Gasteiger partial charge on any atom is -0.481 e. The second-order valence-corrected chi connectivity index (χ2v) is 6.48. The topological polar surface area (TPSA) is 37.3 Å². The molecule has 2 heteroatoms. The zero-order valence-electron chi connectivity index (χ0n) is 13.3. The molecule has 0 aromatic rings. The highest BCUT2D eigenvalue weighted by Crippen LogP contribution is 2.18. The monoisotopic (exact) mass is 270 g/mol. The van der Waals surface area contributed by atoms with Gasteiger partial charge in [-0.15, -0.1) is 0 Å². The minimum absolute atomic E-state index is 0.340. The van der Waals surface area contributed by atoms with Crippen molar-refractivity contribution in [1.29, 1.82) is 0 Å². The zero-order chi connectivity index (χ0) is 14.5. The zero-order valence-corrected chi connectivity index (χ0v) is 13.3. The second kappa shape index (κ2) is 12.5. The Labute approximate surface area is 120 Å². The number of carboxylic acid groups (broad SMARTS) is 1. The molecule has 0 heterocycles. The van der Waals surface area contributed by atoms with Crippen molar-refractivity contribution in [2.24, 2.45) is 11.8 Å². The molecule has 0 bridgehead atoms. The first-order valence-corrected chi connectivity index (χ1v) is 8.24. The van der Waals surface area contributed by atoms with Crippen molar-refractivity contribution < 1.29 is 9.90 Å². The fourth-order valence-corrected chi connectivity index (χ4v) is 2.50. The van der Waals surface area contributed by atoms with Gasteiger partial charge >= 0.3 is 5.97 Å². The minimum atomic E-state index is -0.657. The van der Waals surface area contributed by atoms with Crippen LogP contribution in [0.2, 0.25) is 0 Å². The lowest BCUT2D eigenvalue weighted by atomic mass is 9.95. The molecule has 0 aromatic heterocycles. The summed E-state index contributed by atoms with van der Waals surface area (Å²) in [5.41, 5.74) is 0. The van der Waals surface area contributed by atoms with Gasteiger partial charge in [0.1, 0.15) is 0 Å². The van der Waals surface area contributed by atoms with E-state index in [1.807, 2.05) is 0 Å². The molecule has 0 saturated heterocycles. The molecule has 1 N–H and O–H groups in total. The molecule has 0 radical (unpaired) electrons. The molecule has 0 saturated carbocycles. The molecule has 1 atom stereocenters. The molecule has 0 spiro atoms. The fraction of sp³-hybridized carbons (Fsp3) is 0.941. The Morgan fingerprint density at radius 1 is 0.789 bits per heavy atom. The van der Waals surface area contributed by atoms with Crippen LogP contribution in [0.4, 0.5) is 0 Å². The SMILES string of the molecule is CC(C)CCCC(C)CCCCCCCCC(=O)O. The predicted octanol–water partition coefficient (Wildman–Crippen LogP) is 5.65. The highest BCUT2D eigenvalue weighted by molar-refractivity contribution is 5.66. The Kier molecular flexibility index (Phi) is 12.2. The van der Waals surface area contributed by atoms with Gasteiger partial charge in [0.05, 0.1) is 0 Å². The summed E-state index contributed by atoms with van der Waals surface area (Å²) in [7, 11) is 0. The van der Waals surface area contributed by atoms with Crippen LogP contribution >= 0.6 is 0 Å². The standard InChI is InChI=1S/C17H34O2/c1-15(2)11-10-13-16(3)12-8-6-4-5-7-9-14-17(18)19/h15-16H,4-14H2,1-3H3,(H,18,19). The first kappa shape index (κ1) is 18.5. The summed E-state index contributed by atoms with van der Waals surface area (Å²) in [6.45, 7) is 6.98. The average Bonchev–Trinajstić information content (AvgIpc) is 2.31. The van der Waals surface area contributed by atoms with Gasteiger partial charge in [0.2, 0.25) is 0 Å². The van der Waals surface area contributed by atoms with Gasteiger partial charge in [0, 0.05) is 6.42 Å². The molecule has 0 amide bonds. The number of hydrogen-bond acceptors (Lipinski definition) is 1. The lowest BCUT2D eigenvalue weighted by Crippen LogP contribution is -1.97. The normalized spacial score (nSPS) is 12.8. The molecule has 2 nitrogen and oxygen atoms in total. The smallest absolute Gasteiger partial charge is 0.303 e. The van der Waals surface area contributed by atoms with Crippen LogP contribution in [0.1, 0.15) is 91.4 Å². The summed E-state index contributed by atoms with van der Waals surface area (Å²) in [5.74, 6) is 1.07. The van der Waals surface area contributed by atoms with Crippen molar-refractivity contribution in [3.63, 3.8) is 0 Å². The van der Waals surface area contributed by atoms with Crippen molar-refractivity contribution in [3.05, 3.63) is 0 Å². The van der Waals surface area contributed by atoms with E-state index in [4.69, 9.17) is 5.11 Å². The van der Waals surface area contributed by atoms with Crippen LogP contribution in [0.3, 0.4) is 0 Å². The van der Waals surface area contributed by atoms with Crippen molar-refractivity contribution in [3.8, 4) is 0 Å². The van der Waals surface area contributed by atoms with Crippen molar-refractivity contribution in [2.75, 3.05) is 0 Å². The van der Waals surface area contributed by atoms with Crippen LogP contribution in [-0.4, -0.2) is 11.1 Å². The predicted molar refractivity (Wildman–Crippen MR) is 82.4 cm³/mol. The van der Waals surface area contributed by atoms with Gasteiger partial charge in [0.25, 0.3) is 0 Å². The van der Waals surface area contributed by atoms with E-state index >= 15 is 0 Å². The van der Waals surface area contributed by atoms with E-state index in [0.29, 0.717) is 6.42 Å². The molecule has 0 aliphatic carbocycles. The summed E-state index contributed by atoms with van der Waals surface area (Å²) in [4.78, 5) is 10.3. The lowest BCUT2D eigenvalue weighted by Gasteiger charge is -2.12. The van der Waals surface area contributed by atoms with Gasteiger partial charge < -0.3 is 5.11 Å². The maximum Gasteiger partial charge on any atom is 0.303 e. The molecule has 0 rings (SSSR count). The van der Waals surface area contributed by atoms with E-state index in [-0.39, 0.29) is 0 Å². The summed E-state index contributed by atoms with van der Waals surface area (Å²) < 4.78 is 0. The summed E-state index contributed by atoms with van der Waals surface area (Å²) in [5, 5.41) is 8.52. The first-order valence-electron chi connectivity index (χ1n) is 8.24. The van der Waals surface area contributed by atoms with E-state index in [2.05, 4.69) is 20.8 Å². The maximum absolute atomic E-state index is 10.3. The molecule has 114 valence electrons. The Bertz CT molecular complexity index is 211. The van der Waals surface area contributed by atoms with Crippen LogP contribution in [0, 0.1) is 11.8 Å². The Morgan fingerprint density at radius 2 is 1.32 bits per heavy atom. The van der Waals surface area contributed by atoms with E-state index in [1.54, 1.807) is 0 Å². The van der Waals surface area contributed by atoms with Crippen LogP contribution in [0.15, 0.2) is 0 Å². The van der Waals surface area contributed by atoms with E-state index in [1.165, 1.54) is 51.4 Å². The van der Waals surface area contributed by atoms with Crippen LogP contribution < -0.4 is 0 Å². The maximum atomic E-state index is 10.3. The lowest BCUT2D eigenvalue weighted by molar-refractivity contribution is -0.137. The third-order valence-electron chi connectivity index (χ3n) is 3.82. The molecular formula is C17H34O2. The highest BCUT2D eigenvalue weighted by atomic mass is 16.4. The van der Waals surface area contributed by atoms with Gasteiger partial charge in [-0.2, -0.15) is 0 Å². The quantitative estimate of drug-likeness (QED) is 0.439. The molecule has 0 aromatic carbocycles. The summed E-state index contributed by atoms with van der Waals surface area (Å²) in [6, 6.07) is 0. The van der Waals surface area contributed by atoms with Crippen LogP contribution in [0.5, 0.6) is 0 Å². The Balaban J connectivity index is 3.18. The Morgan fingerprint density at radius 3 is 1.89 bits per heavy atom. The third kappa shape index (κ3) is 15.4. The molecule has 1 unspecified atom stereocenters. The van der Waals surface area contributed by atoms with Crippen molar-refractivity contribution in [2.45, 2.75) is 91.4 Å². The largest absolute Gasteiger partial charge is 0.481 e. The van der Waals surface area contributed by atoms with Crippen molar-refractivity contribution in [1.82, 2.24) is 0 Å². The third-order valence-corrected chi connectivity index (χ3v) is 3.82. The fourth-order valence-electron chi connectivity index (χ4n) is 2.50. The Hall–Kier alpha value is -0.530. The number of rotatable bonds is 13. The van der Waals surface area contributed by atoms with E-state index in [0.717, 1.165) is 24.7 Å². The number of carbonyl (C=O) groups is 1. The number of hydrogen-bond donors (Lipinski definition) is 1. The number of unbranched alkanes of at least 4 members (excludes halogenated alkanes) is 5. The highest BCUT2D eigenvalue weighted by Gasteiger charge is 2.03.